The summed E-state index contributed by atoms with van der Waals surface area (Å²) >= 11 is 0. The molecular weight excluding hydrogens is 236 g/mol. The predicted octanol–water partition coefficient (Wildman–Crippen LogP) is 0.606. The number of rotatable bonds is 4. The number of carbonyl (C=O) groups excluding carboxylic acids is 1. The molecule has 0 bridgehead atoms. The molecule has 1 saturated heterocycles. The Balaban J connectivity index is 2.66. The molecule has 2 N–H and O–H groups in total. The van der Waals surface area contributed by atoms with Gasteiger partial charge in [0.25, 0.3) is 0 Å². The Labute approximate surface area is 107 Å². The van der Waals surface area contributed by atoms with Crippen molar-refractivity contribution in [2.24, 2.45) is 5.92 Å². The molecule has 1 aliphatic rings. The van der Waals surface area contributed by atoms with E-state index in [1.807, 2.05) is 13.8 Å². The number of hydrogen-bond donors (Lipinski definition) is 2. The van der Waals surface area contributed by atoms with Crippen LogP contribution in [0.5, 0.6) is 0 Å². The summed E-state index contributed by atoms with van der Waals surface area (Å²) in [5, 5.41) is 18.0. The molecule has 0 unspecified atom stereocenters. The minimum Gasteiger partial charge on any atom is -0.481 e. The summed E-state index contributed by atoms with van der Waals surface area (Å²) < 4.78 is 0. The number of amides is 2. The Hall–Kier alpha value is -1.30. The fraction of sp³-hybridized carbons (Fsp3) is 0.833. The average Bonchev–Trinajstić information content (AvgIpc) is 2.35. The minimum absolute atomic E-state index is 0.00476. The van der Waals surface area contributed by atoms with Gasteiger partial charge in [0.1, 0.15) is 0 Å². The molecule has 0 radical (unpaired) electrons. The zero-order valence-corrected chi connectivity index (χ0v) is 11.0. The molecule has 0 aliphatic carbocycles. The van der Waals surface area contributed by atoms with E-state index in [4.69, 9.17) is 10.2 Å². The molecule has 0 saturated carbocycles. The lowest BCUT2D eigenvalue weighted by Gasteiger charge is -2.36. The smallest absolute Gasteiger partial charge is 0.320 e. The van der Waals surface area contributed by atoms with E-state index in [0.717, 1.165) is 0 Å². The van der Waals surface area contributed by atoms with Gasteiger partial charge >= 0.3 is 12.0 Å². The molecule has 0 spiro atoms. The summed E-state index contributed by atoms with van der Waals surface area (Å²) in [6, 6.07) is -0.181. The Bertz CT molecular complexity index is 306. The van der Waals surface area contributed by atoms with E-state index in [9.17, 15) is 9.59 Å². The normalized spacial score (nSPS) is 20.0. The molecule has 1 aliphatic heterocycles. The van der Waals surface area contributed by atoms with E-state index >= 15 is 0 Å². The van der Waals surface area contributed by atoms with Crippen LogP contribution in [0.4, 0.5) is 4.79 Å². The number of aliphatic carboxylic acids is 1. The Kier molecular flexibility index (Phi) is 5.40. The van der Waals surface area contributed by atoms with Gasteiger partial charge in [0.15, 0.2) is 0 Å². The first-order valence-electron chi connectivity index (χ1n) is 6.36. The zero-order chi connectivity index (χ0) is 13.7. The average molecular weight is 258 g/mol. The lowest BCUT2D eigenvalue weighted by Crippen LogP contribution is -2.51. The maximum absolute atomic E-state index is 12.2. The van der Waals surface area contributed by atoms with E-state index in [-0.39, 0.29) is 31.8 Å². The van der Waals surface area contributed by atoms with Crippen LogP contribution in [0, 0.1) is 5.92 Å². The van der Waals surface area contributed by atoms with Gasteiger partial charge in [0.2, 0.25) is 0 Å². The SMILES string of the molecule is CC(C)N(CCO)C(=O)N1CCC[C@@H](C(=O)O)C1. The van der Waals surface area contributed by atoms with Gasteiger partial charge in [0.05, 0.1) is 12.5 Å². The van der Waals surface area contributed by atoms with Crippen molar-refractivity contribution in [1.29, 1.82) is 0 Å². The van der Waals surface area contributed by atoms with Crippen LogP contribution in [0.1, 0.15) is 26.7 Å². The van der Waals surface area contributed by atoms with Crippen LogP contribution < -0.4 is 0 Å². The van der Waals surface area contributed by atoms with Crippen LogP contribution in [0.2, 0.25) is 0 Å². The molecule has 104 valence electrons. The Morgan fingerprint density at radius 3 is 2.61 bits per heavy atom. The highest BCUT2D eigenvalue weighted by Crippen LogP contribution is 2.18. The van der Waals surface area contributed by atoms with E-state index in [1.165, 1.54) is 0 Å². The molecule has 1 rings (SSSR count). The molecule has 1 atom stereocenters. The summed E-state index contributed by atoms with van der Waals surface area (Å²) in [4.78, 5) is 26.4. The van der Waals surface area contributed by atoms with Crippen molar-refractivity contribution < 1.29 is 19.8 Å². The van der Waals surface area contributed by atoms with Crippen LogP contribution in [-0.4, -0.2) is 64.3 Å². The lowest BCUT2D eigenvalue weighted by molar-refractivity contribution is -0.143. The molecule has 0 aromatic carbocycles. The number of likely N-dealkylation sites (tertiary alicyclic amines) is 1. The molecule has 2 amide bonds. The minimum atomic E-state index is -0.842. The quantitative estimate of drug-likeness (QED) is 0.774. The Morgan fingerprint density at radius 1 is 1.44 bits per heavy atom. The fourth-order valence-electron chi connectivity index (χ4n) is 2.22. The second kappa shape index (κ2) is 6.58. The zero-order valence-electron chi connectivity index (χ0n) is 11.0. The van der Waals surface area contributed by atoms with Crippen LogP contribution in [0.15, 0.2) is 0 Å². The van der Waals surface area contributed by atoms with E-state index < -0.39 is 11.9 Å². The molecule has 6 nitrogen and oxygen atoms in total. The number of urea groups is 1. The third-order valence-electron chi connectivity index (χ3n) is 3.25. The van der Waals surface area contributed by atoms with Gasteiger partial charge in [-0.25, -0.2) is 4.79 Å². The summed E-state index contributed by atoms with van der Waals surface area (Å²) in [6.07, 6.45) is 1.34. The Morgan fingerprint density at radius 2 is 2.11 bits per heavy atom. The third-order valence-corrected chi connectivity index (χ3v) is 3.25. The lowest BCUT2D eigenvalue weighted by atomic mass is 9.98. The van der Waals surface area contributed by atoms with Crippen LogP contribution in [0.3, 0.4) is 0 Å². The molecule has 0 aromatic heterocycles. The first-order chi connectivity index (χ1) is 8.47. The summed E-state index contributed by atoms with van der Waals surface area (Å²) in [5.74, 6) is -1.31. The fourth-order valence-corrected chi connectivity index (χ4v) is 2.22. The monoisotopic (exact) mass is 258 g/mol. The number of hydrogen-bond acceptors (Lipinski definition) is 3. The number of piperidine rings is 1. The van der Waals surface area contributed by atoms with Crippen LogP contribution in [0.25, 0.3) is 0 Å². The predicted molar refractivity (Wildman–Crippen MR) is 66.3 cm³/mol. The summed E-state index contributed by atoms with van der Waals surface area (Å²) in [7, 11) is 0. The molecule has 1 heterocycles. The second-order valence-electron chi connectivity index (χ2n) is 4.92. The van der Waals surface area contributed by atoms with Gasteiger partial charge in [-0.15, -0.1) is 0 Å². The van der Waals surface area contributed by atoms with Gasteiger partial charge in [-0.2, -0.15) is 0 Å². The number of carboxylic acids is 1. The topological polar surface area (TPSA) is 81.1 Å². The van der Waals surface area contributed by atoms with Crippen molar-refractivity contribution in [3.8, 4) is 0 Å². The highest BCUT2D eigenvalue weighted by Gasteiger charge is 2.31. The molecule has 6 heteroatoms. The van der Waals surface area contributed by atoms with Crippen molar-refractivity contribution >= 4 is 12.0 Å². The maximum Gasteiger partial charge on any atom is 0.320 e. The standard InChI is InChI=1S/C12H22N2O4/c1-9(2)14(6-7-15)12(18)13-5-3-4-10(8-13)11(16)17/h9-10,15H,3-8H2,1-2H3,(H,16,17)/t10-/m1/s1. The summed E-state index contributed by atoms with van der Waals surface area (Å²) in [5.41, 5.74) is 0. The van der Waals surface area contributed by atoms with E-state index in [1.54, 1.807) is 9.80 Å². The first kappa shape index (κ1) is 14.8. The highest BCUT2D eigenvalue weighted by atomic mass is 16.4. The van der Waals surface area contributed by atoms with E-state index in [2.05, 4.69) is 0 Å². The van der Waals surface area contributed by atoms with Crippen molar-refractivity contribution in [2.75, 3.05) is 26.2 Å². The van der Waals surface area contributed by atoms with Crippen molar-refractivity contribution in [3.63, 3.8) is 0 Å². The number of carbonyl (C=O) groups is 2. The van der Waals surface area contributed by atoms with Gasteiger partial charge in [-0.1, -0.05) is 0 Å². The van der Waals surface area contributed by atoms with Crippen molar-refractivity contribution in [1.82, 2.24) is 9.80 Å². The highest BCUT2D eigenvalue weighted by molar-refractivity contribution is 5.77. The number of aliphatic hydroxyl groups is 1. The first-order valence-corrected chi connectivity index (χ1v) is 6.36. The molecular formula is C12H22N2O4. The van der Waals surface area contributed by atoms with Crippen molar-refractivity contribution in [3.05, 3.63) is 0 Å². The van der Waals surface area contributed by atoms with Crippen molar-refractivity contribution in [2.45, 2.75) is 32.7 Å². The largest absolute Gasteiger partial charge is 0.481 e. The molecule has 18 heavy (non-hydrogen) atoms. The third kappa shape index (κ3) is 3.60. The van der Waals surface area contributed by atoms with Gasteiger partial charge in [-0.05, 0) is 26.7 Å². The van der Waals surface area contributed by atoms with E-state index in [0.29, 0.717) is 19.4 Å². The van der Waals surface area contributed by atoms with Gasteiger partial charge < -0.3 is 20.0 Å². The number of carboxylic acid groups (broad SMARTS) is 1. The maximum atomic E-state index is 12.2. The number of aliphatic hydroxyl groups excluding tert-OH is 1. The van der Waals surface area contributed by atoms with Gasteiger partial charge in [0, 0.05) is 25.7 Å². The molecule has 0 aromatic rings. The summed E-state index contributed by atoms with van der Waals surface area (Å²) in [6.45, 7) is 4.82. The van der Waals surface area contributed by atoms with Gasteiger partial charge in [-0.3, -0.25) is 4.79 Å². The number of nitrogens with zero attached hydrogens (tertiary/aromatic N) is 2. The second-order valence-corrected chi connectivity index (χ2v) is 4.92. The van der Waals surface area contributed by atoms with Crippen LogP contribution >= 0.6 is 0 Å². The molecule has 1 fully saturated rings. The van der Waals surface area contributed by atoms with Crippen LogP contribution in [-0.2, 0) is 4.79 Å².